The first-order valence-corrected chi connectivity index (χ1v) is 6.80. The van der Waals surface area contributed by atoms with Gasteiger partial charge in [-0.1, -0.05) is 18.2 Å². The number of aromatic carboxylic acids is 1. The molecule has 1 N–H and O–H groups in total. The molecule has 20 heavy (non-hydrogen) atoms. The van der Waals surface area contributed by atoms with Gasteiger partial charge in [0.2, 0.25) is 0 Å². The normalized spacial score (nSPS) is 13.0. The minimum absolute atomic E-state index is 0.198. The predicted molar refractivity (Wildman–Crippen MR) is 76.9 cm³/mol. The van der Waals surface area contributed by atoms with E-state index in [2.05, 4.69) is 36.1 Å². The van der Waals surface area contributed by atoms with E-state index in [4.69, 9.17) is 5.11 Å². The zero-order chi connectivity index (χ0) is 14.7. The average molecular weight is 276 g/mol. The number of rotatable bonds is 6. The number of fused-ring (bicyclic) bond motifs is 1. The molecule has 0 aliphatic rings. The summed E-state index contributed by atoms with van der Waals surface area (Å²) in [5.41, 5.74) is 1.41. The highest BCUT2D eigenvalue weighted by Crippen LogP contribution is 2.16. The first-order valence-electron chi connectivity index (χ1n) is 6.80. The van der Waals surface area contributed by atoms with Crippen molar-refractivity contribution in [3.05, 3.63) is 23.8 Å². The van der Waals surface area contributed by atoms with E-state index in [1.807, 2.05) is 6.07 Å². The molecular formula is C14H20N4O2. The first kappa shape index (κ1) is 14.5. The summed E-state index contributed by atoms with van der Waals surface area (Å²) < 4.78 is 1.76. The highest BCUT2D eigenvalue weighted by Gasteiger charge is 2.14. The lowest BCUT2D eigenvalue weighted by Gasteiger charge is -2.23. The second-order valence-electron chi connectivity index (χ2n) is 5.03. The molecule has 0 aliphatic heterocycles. The van der Waals surface area contributed by atoms with Gasteiger partial charge in [0, 0.05) is 12.6 Å². The SMILES string of the molecule is CCC(C)N(C)CCn1nnc2c(C(=O)O)cccc21. The van der Waals surface area contributed by atoms with Gasteiger partial charge in [-0.2, -0.15) is 0 Å². The summed E-state index contributed by atoms with van der Waals surface area (Å²) in [7, 11) is 2.08. The summed E-state index contributed by atoms with van der Waals surface area (Å²) in [6, 6.07) is 5.64. The molecule has 0 radical (unpaired) electrons. The zero-order valence-corrected chi connectivity index (χ0v) is 12.1. The number of carboxylic acids is 1. The third kappa shape index (κ3) is 2.80. The number of hydrogen-bond donors (Lipinski definition) is 1. The molecule has 0 spiro atoms. The Kier molecular flexibility index (Phi) is 4.34. The van der Waals surface area contributed by atoms with E-state index in [1.165, 1.54) is 0 Å². The van der Waals surface area contributed by atoms with Crippen LogP contribution in [-0.4, -0.2) is 50.6 Å². The van der Waals surface area contributed by atoms with E-state index in [1.54, 1.807) is 16.8 Å². The van der Waals surface area contributed by atoms with E-state index in [9.17, 15) is 4.79 Å². The lowest BCUT2D eigenvalue weighted by molar-refractivity contribution is 0.0699. The number of likely N-dealkylation sites (N-methyl/N-ethyl adjacent to an activating group) is 1. The molecule has 0 saturated heterocycles. The Morgan fingerprint density at radius 2 is 2.25 bits per heavy atom. The maximum atomic E-state index is 11.1. The molecule has 1 aromatic heterocycles. The van der Waals surface area contributed by atoms with Gasteiger partial charge in [-0.15, -0.1) is 5.10 Å². The lowest BCUT2D eigenvalue weighted by Crippen LogP contribution is -2.31. The molecule has 0 saturated carbocycles. The van der Waals surface area contributed by atoms with Gasteiger partial charge in [0.15, 0.2) is 0 Å². The van der Waals surface area contributed by atoms with Gasteiger partial charge in [-0.05, 0) is 32.5 Å². The summed E-state index contributed by atoms with van der Waals surface area (Å²) in [6.07, 6.45) is 1.10. The van der Waals surface area contributed by atoms with E-state index >= 15 is 0 Å². The minimum Gasteiger partial charge on any atom is -0.478 e. The van der Waals surface area contributed by atoms with Crippen LogP contribution in [0.4, 0.5) is 0 Å². The van der Waals surface area contributed by atoms with Crippen LogP contribution < -0.4 is 0 Å². The summed E-state index contributed by atoms with van der Waals surface area (Å²) >= 11 is 0. The van der Waals surface area contributed by atoms with E-state index in [0.29, 0.717) is 18.1 Å². The fraction of sp³-hybridized carbons (Fsp3) is 0.500. The van der Waals surface area contributed by atoms with Gasteiger partial charge in [0.1, 0.15) is 5.52 Å². The number of aromatic nitrogens is 3. The highest BCUT2D eigenvalue weighted by atomic mass is 16.4. The van der Waals surface area contributed by atoms with Crippen molar-refractivity contribution in [3.8, 4) is 0 Å². The van der Waals surface area contributed by atoms with Crippen LogP contribution in [0, 0.1) is 0 Å². The predicted octanol–water partition coefficient (Wildman–Crippen LogP) is 1.86. The number of benzene rings is 1. The Labute approximate surface area is 118 Å². The van der Waals surface area contributed by atoms with Crippen molar-refractivity contribution in [3.63, 3.8) is 0 Å². The Balaban J connectivity index is 2.20. The van der Waals surface area contributed by atoms with Crippen LogP contribution >= 0.6 is 0 Å². The summed E-state index contributed by atoms with van der Waals surface area (Å²) in [6.45, 7) is 5.89. The van der Waals surface area contributed by atoms with Crippen molar-refractivity contribution in [2.75, 3.05) is 13.6 Å². The molecule has 1 unspecified atom stereocenters. The van der Waals surface area contributed by atoms with Crippen molar-refractivity contribution >= 4 is 17.0 Å². The van der Waals surface area contributed by atoms with Gasteiger partial charge in [-0.3, -0.25) is 0 Å². The Bertz CT molecular complexity index is 608. The molecule has 1 heterocycles. The van der Waals surface area contributed by atoms with Crippen LogP contribution in [0.2, 0.25) is 0 Å². The number of nitrogens with zero attached hydrogens (tertiary/aromatic N) is 4. The third-order valence-electron chi connectivity index (χ3n) is 3.78. The quantitative estimate of drug-likeness (QED) is 0.872. The lowest BCUT2D eigenvalue weighted by atomic mass is 10.2. The molecule has 6 heteroatoms. The first-order chi connectivity index (χ1) is 9.54. The maximum Gasteiger partial charge on any atom is 0.338 e. The number of carbonyl (C=O) groups is 1. The van der Waals surface area contributed by atoms with Crippen LogP contribution in [0.5, 0.6) is 0 Å². The van der Waals surface area contributed by atoms with Crippen molar-refractivity contribution in [2.24, 2.45) is 0 Å². The smallest absolute Gasteiger partial charge is 0.338 e. The third-order valence-corrected chi connectivity index (χ3v) is 3.78. The van der Waals surface area contributed by atoms with Gasteiger partial charge < -0.3 is 10.0 Å². The van der Waals surface area contributed by atoms with E-state index < -0.39 is 5.97 Å². The standard InChI is InChI=1S/C14H20N4O2/c1-4-10(2)17(3)8-9-18-12-7-5-6-11(14(19)20)13(12)15-16-18/h5-7,10H,4,8-9H2,1-3H3,(H,19,20). The van der Waals surface area contributed by atoms with E-state index in [0.717, 1.165) is 18.5 Å². The second-order valence-corrected chi connectivity index (χ2v) is 5.03. The summed E-state index contributed by atoms with van der Waals surface area (Å²) in [5, 5.41) is 17.2. The molecule has 0 bridgehead atoms. The van der Waals surface area contributed by atoms with Crippen LogP contribution in [0.25, 0.3) is 11.0 Å². The molecule has 2 aromatic rings. The molecule has 108 valence electrons. The maximum absolute atomic E-state index is 11.1. The molecule has 6 nitrogen and oxygen atoms in total. The van der Waals surface area contributed by atoms with Gasteiger partial charge in [0.25, 0.3) is 0 Å². The topological polar surface area (TPSA) is 71.2 Å². The number of carboxylic acid groups (broad SMARTS) is 1. The molecule has 0 aliphatic carbocycles. The van der Waals surface area contributed by atoms with Crippen LogP contribution in [0.15, 0.2) is 18.2 Å². The van der Waals surface area contributed by atoms with Crippen molar-refractivity contribution < 1.29 is 9.90 Å². The van der Waals surface area contributed by atoms with Crippen LogP contribution in [0.1, 0.15) is 30.6 Å². The highest BCUT2D eigenvalue weighted by molar-refractivity contribution is 6.00. The molecule has 0 fully saturated rings. The van der Waals surface area contributed by atoms with Crippen LogP contribution in [-0.2, 0) is 6.54 Å². The average Bonchev–Trinajstić information content (AvgIpc) is 2.86. The van der Waals surface area contributed by atoms with Crippen LogP contribution in [0.3, 0.4) is 0 Å². The molecule has 1 atom stereocenters. The zero-order valence-electron chi connectivity index (χ0n) is 12.1. The van der Waals surface area contributed by atoms with E-state index in [-0.39, 0.29) is 5.56 Å². The molecule has 2 rings (SSSR count). The van der Waals surface area contributed by atoms with Crippen molar-refractivity contribution in [1.29, 1.82) is 0 Å². The number of hydrogen-bond acceptors (Lipinski definition) is 4. The Morgan fingerprint density at radius 3 is 2.90 bits per heavy atom. The van der Waals surface area contributed by atoms with Gasteiger partial charge >= 0.3 is 5.97 Å². The second kappa shape index (κ2) is 6.00. The Morgan fingerprint density at radius 1 is 1.50 bits per heavy atom. The largest absolute Gasteiger partial charge is 0.478 e. The summed E-state index contributed by atoms with van der Waals surface area (Å²) in [5.74, 6) is -0.973. The molecule has 1 aromatic carbocycles. The fourth-order valence-electron chi connectivity index (χ4n) is 2.11. The van der Waals surface area contributed by atoms with Gasteiger partial charge in [0.05, 0.1) is 17.6 Å². The molecular weight excluding hydrogens is 256 g/mol. The van der Waals surface area contributed by atoms with Gasteiger partial charge in [-0.25, -0.2) is 9.48 Å². The minimum atomic E-state index is -0.973. The fourth-order valence-corrected chi connectivity index (χ4v) is 2.11. The van der Waals surface area contributed by atoms with Crippen molar-refractivity contribution in [1.82, 2.24) is 19.9 Å². The van der Waals surface area contributed by atoms with Crippen molar-refractivity contribution in [2.45, 2.75) is 32.9 Å². The monoisotopic (exact) mass is 276 g/mol. The Hall–Kier alpha value is -1.95. The molecule has 0 amide bonds. The summed E-state index contributed by atoms with van der Waals surface area (Å²) in [4.78, 5) is 13.4.